The Kier molecular flexibility index (Phi) is 2.90. The molecule has 88 valence electrons. The average molecular weight is 227 g/mol. The van der Waals surface area contributed by atoms with Crippen LogP contribution < -0.4 is 11.4 Å². The Morgan fingerprint density at radius 2 is 2.44 bits per heavy atom. The SMILES string of the molecule is Nc1ccn([C@H]2C[C@@H](O)[C@@H](CO)O2)c(=O)n1. The quantitative estimate of drug-likeness (QED) is 0.565. The van der Waals surface area contributed by atoms with E-state index < -0.39 is 24.1 Å². The number of nitrogens with zero attached hydrogens (tertiary/aromatic N) is 2. The normalized spacial score (nSPS) is 29.5. The molecule has 0 radical (unpaired) electrons. The van der Waals surface area contributed by atoms with Crippen LogP contribution in [0.25, 0.3) is 0 Å². The van der Waals surface area contributed by atoms with Crippen LogP contribution in [0.3, 0.4) is 0 Å². The van der Waals surface area contributed by atoms with Crippen molar-refractivity contribution >= 4 is 5.82 Å². The van der Waals surface area contributed by atoms with Gasteiger partial charge in [0, 0.05) is 12.6 Å². The first-order valence-electron chi connectivity index (χ1n) is 4.91. The van der Waals surface area contributed by atoms with Gasteiger partial charge in [-0.15, -0.1) is 0 Å². The fourth-order valence-electron chi connectivity index (χ4n) is 1.70. The van der Waals surface area contributed by atoms with Crippen LogP contribution in [0.2, 0.25) is 0 Å². The fraction of sp³-hybridized carbons (Fsp3) is 0.556. The third-order valence-corrected chi connectivity index (χ3v) is 2.55. The largest absolute Gasteiger partial charge is 0.394 e. The summed E-state index contributed by atoms with van der Waals surface area (Å²) >= 11 is 0. The number of aliphatic hydroxyl groups is 2. The van der Waals surface area contributed by atoms with Crippen LogP contribution in [0.5, 0.6) is 0 Å². The van der Waals surface area contributed by atoms with Crippen LogP contribution in [0.15, 0.2) is 17.1 Å². The van der Waals surface area contributed by atoms with Gasteiger partial charge in [-0.2, -0.15) is 4.98 Å². The third-order valence-electron chi connectivity index (χ3n) is 2.55. The summed E-state index contributed by atoms with van der Waals surface area (Å²) in [6, 6.07) is 1.48. The number of aliphatic hydroxyl groups excluding tert-OH is 2. The molecule has 1 aromatic rings. The van der Waals surface area contributed by atoms with E-state index >= 15 is 0 Å². The maximum absolute atomic E-state index is 11.5. The molecule has 4 N–H and O–H groups in total. The molecule has 1 fully saturated rings. The Balaban J connectivity index is 2.23. The number of ether oxygens (including phenoxy) is 1. The molecule has 0 saturated carbocycles. The van der Waals surface area contributed by atoms with Gasteiger partial charge >= 0.3 is 5.69 Å². The van der Waals surface area contributed by atoms with Gasteiger partial charge in [-0.3, -0.25) is 4.57 Å². The van der Waals surface area contributed by atoms with Crippen molar-refractivity contribution in [3.8, 4) is 0 Å². The number of hydrogen-bond acceptors (Lipinski definition) is 6. The van der Waals surface area contributed by atoms with Crippen molar-refractivity contribution in [2.45, 2.75) is 24.9 Å². The van der Waals surface area contributed by atoms with Crippen molar-refractivity contribution < 1.29 is 14.9 Å². The first-order chi connectivity index (χ1) is 7.61. The second kappa shape index (κ2) is 4.20. The minimum atomic E-state index is -0.778. The van der Waals surface area contributed by atoms with Gasteiger partial charge in [0.1, 0.15) is 18.1 Å². The van der Waals surface area contributed by atoms with Crippen molar-refractivity contribution in [2.24, 2.45) is 0 Å². The van der Waals surface area contributed by atoms with Crippen molar-refractivity contribution in [3.63, 3.8) is 0 Å². The lowest BCUT2D eigenvalue weighted by Crippen LogP contribution is -2.27. The summed E-state index contributed by atoms with van der Waals surface area (Å²) in [5, 5.41) is 18.4. The maximum atomic E-state index is 11.5. The van der Waals surface area contributed by atoms with Crippen molar-refractivity contribution in [1.29, 1.82) is 0 Å². The highest BCUT2D eigenvalue weighted by molar-refractivity contribution is 5.23. The maximum Gasteiger partial charge on any atom is 0.351 e. The Morgan fingerprint density at radius 1 is 1.69 bits per heavy atom. The molecule has 2 heterocycles. The molecule has 0 spiro atoms. The van der Waals surface area contributed by atoms with Crippen LogP contribution in [0.4, 0.5) is 5.82 Å². The topological polar surface area (TPSA) is 111 Å². The molecule has 16 heavy (non-hydrogen) atoms. The molecular weight excluding hydrogens is 214 g/mol. The van der Waals surface area contributed by atoms with Crippen molar-refractivity contribution in [1.82, 2.24) is 9.55 Å². The molecule has 1 aromatic heterocycles. The summed E-state index contributed by atoms with van der Waals surface area (Å²) in [6.45, 7) is -0.283. The molecule has 0 amide bonds. The lowest BCUT2D eigenvalue weighted by Gasteiger charge is -2.13. The van der Waals surface area contributed by atoms with E-state index in [-0.39, 0.29) is 18.8 Å². The molecule has 3 atom stereocenters. The summed E-state index contributed by atoms with van der Waals surface area (Å²) in [4.78, 5) is 15.0. The Labute approximate surface area is 91.1 Å². The Hall–Kier alpha value is -1.44. The predicted octanol–water partition coefficient (Wildman–Crippen LogP) is -1.53. The smallest absolute Gasteiger partial charge is 0.351 e. The zero-order chi connectivity index (χ0) is 11.7. The van der Waals surface area contributed by atoms with Crippen LogP contribution in [0, 0.1) is 0 Å². The molecule has 2 rings (SSSR count). The number of aromatic nitrogens is 2. The van der Waals surface area contributed by atoms with E-state index in [9.17, 15) is 9.90 Å². The molecule has 0 aliphatic carbocycles. The number of nitrogens with two attached hydrogens (primary N) is 1. The molecule has 7 nitrogen and oxygen atoms in total. The summed E-state index contributed by atoms with van der Waals surface area (Å²) in [7, 11) is 0. The number of nitrogen functional groups attached to an aromatic ring is 1. The third kappa shape index (κ3) is 1.92. The Bertz CT molecular complexity index is 433. The summed E-state index contributed by atoms with van der Waals surface area (Å²) in [5.74, 6) is 0.138. The van der Waals surface area contributed by atoms with Gasteiger partial charge in [-0.25, -0.2) is 4.79 Å². The predicted molar refractivity (Wildman–Crippen MR) is 54.5 cm³/mol. The molecule has 0 unspecified atom stereocenters. The number of hydrogen-bond donors (Lipinski definition) is 3. The first kappa shape index (κ1) is 11.1. The highest BCUT2D eigenvalue weighted by Crippen LogP contribution is 2.27. The molecule has 1 aliphatic heterocycles. The molecular formula is C9H13N3O4. The van der Waals surface area contributed by atoms with Gasteiger partial charge in [0.25, 0.3) is 0 Å². The molecule has 0 bridgehead atoms. The van der Waals surface area contributed by atoms with E-state index in [1.54, 1.807) is 0 Å². The van der Waals surface area contributed by atoms with Crippen molar-refractivity contribution in [2.75, 3.05) is 12.3 Å². The second-order valence-corrected chi connectivity index (χ2v) is 3.66. The van der Waals surface area contributed by atoms with Crippen LogP contribution in [-0.2, 0) is 4.74 Å². The van der Waals surface area contributed by atoms with Gasteiger partial charge in [-0.1, -0.05) is 0 Å². The van der Waals surface area contributed by atoms with E-state index in [0.717, 1.165) is 0 Å². The zero-order valence-corrected chi connectivity index (χ0v) is 8.48. The molecule has 1 saturated heterocycles. The van der Waals surface area contributed by atoms with Gasteiger partial charge in [0.2, 0.25) is 0 Å². The van der Waals surface area contributed by atoms with Gasteiger partial charge in [0.05, 0.1) is 12.7 Å². The zero-order valence-electron chi connectivity index (χ0n) is 8.48. The summed E-state index contributed by atoms with van der Waals surface area (Å²) in [6.07, 6.45) is -0.333. The summed E-state index contributed by atoms with van der Waals surface area (Å²) < 4.78 is 6.56. The van der Waals surface area contributed by atoms with E-state index in [4.69, 9.17) is 15.6 Å². The van der Waals surface area contributed by atoms with Crippen LogP contribution >= 0.6 is 0 Å². The van der Waals surface area contributed by atoms with Crippen LogP contribution in [0.1, 0.15) is 12.6 Å². The van der Waals surface area contributed by atoms with Gasteiger partial charge in [0.15, 0.2) is 0 Å². The van der Waals surface area contributed by atoms with E-state index in [1.165, 1.54) is 16.8 Å². The molecule has 0 aromatic carbocycles. The van der Waals surface area contributed by atoms with E-state index in [1.807, 2.05) is 0 Å². The van der Waals surface area contributed by atoms with E-state index in [2.05, 4.69) is 4.98 Å². The molecule has 1 aliphatic rings. The van der Waals surface area contributed by atoms with Crippen LogP contribution in [-0.4, -0.2) is 38.6 Å². The second-order valence-electron chi connectivity index (χ2n) is 3.66. The summed E-state index contributed by atoms with van der Waals surface area (Å²) in [5.41, 5.74) is 4.82. The minimum Gasteiger partial charge on any atom is -0.394 e. The van der Waals surface area contributed by atoms with Gasteiger partial charge in [-0.05, 0) is 6.07 Å². The monoisotopic (exact) mass is 227 g/mol. The Morgan fingerprint density at radius 3 is 3.00 bits per heavy atom. The minimum absolute atomic E-state index is 0.138. The fourth-order valence-corrected chi connectivity index (χ4v) is 1.70. The first-order valence-corrected chi connectivity index (χ1v) is 4.91. The van der Waals surface area contributed by atoms with Gasteiger partial charge < -0.3 is 20.7 Å². The standard InChI is InChI=1S/C9H13N3O4/c10-7-1-2-12(9(15)11-7)8-3-5(14)6(4-13)16-8/h1-2,5-6,8,13-14H,3-4H2,(H2,10,11,15)/t5-,6-,8-/m1/s1. The lowest BCUT2D eigenvalue weighted by atomic mass is 10.2. The molecule has 7 heteroatoms. The van der Waals surface area contributed by atoms with Crippen molar-refractivity contribution in [3.05, 3.63) is 22.7 Å². The lowest BCUT2D eigenvalue weighted by molar-refractivity contribution is -0.0458. The number of anilines is 1. The van der Waals surface area contributed by atoms with E-state index in [0.29, 0.717) is 0 Å². The highest BCUT2D eigenvalue weighted by atomic mass is 16.5. The average Bonchev–Trinajstić information content (AvgIpc) is 2.59. The highest BCUT2D eigenvalue weighted by Gasteiger charge is 2.34. The number of rotatable bonds is 2.